The van der Waals surface area contributed by atoms with Crippen LogP contribution in [0.1, 0.15) is 26.7 Å². The van der Waals surface area contributed by atoms with Crippen LogP contribution in [0.4, 0.5) is 10.1 Å². The molecule has 6 heteroatoms. The van der Waals surface area contributed by atoms with Gasteiger partial charge in [-0.05, 0) is 38.1 Å². The Morgan fingerprint density at radius 1 is 1.30 bits per heavy atom. The summed E-state index contributed by atoms with van der Waals surface area (Å²) in [6.07, 6.45) is 1.33. The lowest BCUT2D eigenvalue weighted by Crippen LogP contribution is -2.69. The Bertz CT molecular complexity index is 601. The topological polar surface area (TPSA) is 61.8 Å². The van der Waals surface area contributed by atoms with Crippen LogP contribution >= 0.6 is 0 Å². The number of anilines is 1. The molecule has 0 aliphatic carbocycles. The fourth-order valence-corrected chi connectivity index (χ4v) is 3.33. The second kappa shape index (κ2) is 5.85. The minimum absolute atomic E-state index is 0.192. The monoisotopic (exact) mass is 322 g/mol. The molecule has 2 aliphatic heterocycles. The van der Waals surface area contributed by atoms with E-state index in [0.29, 0.717) is 12.8 Å². The Morgan fingerprint density at radius 3 is 2.57 bits per heavy atom. The van der Waals surface area contributed by atoms with E-state index in [9.17, 15) is 14.3 Å². The quantitative estimate of drug-likeness (QED) is 0.869. The number of carbonyl (C=O) groups is 1. The van der Waals surface area contributed by atoms with Gasteiger partial charge in [0.25, 0.3) is 11.7 Å². The maximum Gasteiger partial charge on any atom is 0.287 e. The molecule has 0 aromatic heterocycles. The van der Waals surface area contributed by atoms with Crippen molar-refractivity contribution in [1.29, 1.82) is 0 Å². The fourth-order valence-electron chi connectivity index (χ4n) is 3.33. The van der Waals surface area contributed by atoms with Gasteiger partial charge in [-0.3, -0.25) is 4.79 Å². The summed E-state index contributed by atoms with van der Waals surface area (Å²) in [5.74, 6) is -3.44. The first-order chi connectivity index (χ1) is 10.9. The molecular weight excluding hydrogens is 299 g/mol. The molecule has 2 saturated heterocycles. The molecule has 1 atom stereocenters. The van der Waals surface area contributed by atoms with Crippen molar-refractivity contribution in [2.75, 3.05) is 24.5 Å². The lowest BCUT2D eigenvalue weighted by atomic mass is 9.86. The van der Waals surface area contributed by atoms with E-state index in [4.69, 9.17) is 4.74 Å². The van der Waals surface area contributed by atoms with Crippen LogP contribution in [0.2, 0.25) is 0 Å². The van der Waals surface area contributed by atoms with Crippen molar-refractivity contribution >= 4 is 11.6 Å². The molecule has 1 aromatic carbocycles. The molecule has 1 aromatic rings. The summed E-state index contributed by atoms with van der Waals surface area (Å²) < 4.78 is 20.2. The fraction of sp³-hybridized carbons (Fsp3) is 0.588. The SMILES string of the molecule is CC(C)C1(O)OC2(CCNCC2)CN(c2ccccc2F)C1=O. The highest BCUT2D eigenvalue weighted by Crippen LogP contribution is 2.40. The van der Waals surface area contributed by atoms with Gasteiger partial charge >= 0.3 is 0 Å². The van der Waals surface area contributed by atoms with Crippen LogP contribution in [0.5, 0.6) is 0 Å². The van der Waals surface area contributed by atoms with E-state index in [1.807, 2.05) is 0 Å². The first-order valence-corrected chi connectivity index (χ1v) is 8.08. The summed E-state index contributed by atoms with van der Waals surface area (Å²) in [5, 5.41) is 14.2. The molecule has 2 fully saturated rings. The minimum atomic E-state index is -1.93. The summed E-state index contributed by atoms with van der Waals surface area (Å²) in [6, 6.07) is 6.15. The van der Waals surface area contributed by atoms with Crippen LogP contribution < -0.4 is 10.2 Å². The summed E-state index contributed by atoms with van der Waals surface area (Å²) in [5.41, 5.74) is -0.460. The number of amides is 1. The van der Waals surface area contributed by atoms with Crippen LogP contribution in [0, 0.1) is 11.7 Å². The Labute approximate surface area is 135 Å². The summed E-state index contributed by atoms with van der Waals surface area (Å²) >= 11 is 0. The number of halogens is 1. The number of hydrogen-bond donors (Lipinski definition) is 2. The van der Waals surface area contributed by atoms with E-state index in [1.165, 1.54) is 11.0 Å². The van der Waals surface area contributed by atoms with Gasteiger partial charge in [-0.25, -0.2) is 4.39 Å². The number of ether oxygens (including phenoxy) is 1. The smallest absolute Gasteiger partial charge is 0.287 e. The predicted molar refractivity (Wildman–Crippen MR) is 84.5 cm³/mol. The zero-order valence-corrected chi connectivity index (χ0v) is 13.5. The molecule has 2 heterocycles. The Hall–Kier alpha value is -1.50. The minimum Gasteiger partial charge on any atom is -0.358 e. The number of hydrogen-bond acceptors (Lipinski definition) is 4. The summed E-state index contributed by atoms with van der Waals surface area (Å²) in [7, 11) is 0. The number of morpholine rings is 1. The van der Waals surface area contributed by atoms with Gasteiger partial charge in [-0.2, -0.15) is 0 Å². The highest BCUT2D eigenvalue weighted by atomic mass is 19.1. The molecule has 1 unspecified atom stereocenters. The van der Waals surface area contributed by atoms with Crippen LogP contribution in [0.25, 0.3) is 0 Å². The Morgan fingerprint density at radius 2 is 1.96 bits per heavy atom. The summed E-state index contributed by atoms with van der Waals surface area (Å²) in [4.78, 5) is 14.2. The van der Waals surface area contributed by atoms with Crippen molar-refractivity contribution in [1.82, 2.24) is 5.32 Å². The highest BCUT2D eigenvalue weighted by molar-refractivity contribution is 5.99. The van der Waals surface area contributed by atoms with Crippen LogP contribution in [-0.2, 0) is 9.53 Å². The second-order valence-electron chi connectivity index (χ2n) is 6.73. The van der Waals surface area contributed by atoms with Gasteiger partial charge in [0.05, 0.1) is 17.8 Å². The van der Waals surface area contributed by atoms with E-state index >= 15 is 0 Å². The van der Waals surface area contributed by atoms with Gasteiger partial charge in [-0.15, -0.1) is 0 Å². The lowest BCUT2D eigenvalue weighted by molar-refractivity contribution is -0.284. The van der Waals surface area contributed by atoms with Gasteiger partial charge < -0.3 is 20.1 Å². The molecule has 0 radical (unpaired) electrons. The highest BCUT2D eigenvalue weighted by Gasteiger charge is 2.56. The maximum absolute atomic E-state index is 14.2. The average molecular weight is 322 g/mol. The molecule has 5 nitrogen and oxygen atoms in total. The number of piperidine rings is 1. The van der Waals surface area contributed by atoms with Gasteiger partial charge in [0, 0.05) is 5.92 Å². The first-order valence-electron chi connectivity index (χ1n) is 8.08. The zero-order valence-electron chi connectivity index (χ0n) is 13.5. The van der Waals surface area contributed by atoms with Gasteiger partial charge in [0.2, 0.25) is 0 Å². The number of benzene rings is 1. The van der Waals surface area contributed by atoms with Crippen molar-refractivity contribution in [3.63, 3.8) is 0 Å². The first kappa shape index (κ1) is 16.4. The lowest BCUT2D eigenvalue weighted by Gasteiger charge is -2.52. The predicted octanol–water partition coefficient (Wildman–Crippen LogP) is 1.66. The van der Waals surface area contributed by atoms with Crippen molar-refractivity contribution in [3.05, 3.63) is 30.1 Å². The molecule has 3 rings (SSSR count). The molecule has 23 heavy (non-hydrogen) atoms. The molecule has 2 aliphatic rings. The molecule has 2 N–H and O–H groups in total. The zero-order chi connectivity index (χ0) is 16.7. The average Bonchev–Trinajstić information content (AvgIpc) is 2.52. The van der Waals surface area contributed by atoms with Crippen LogP contribution in [-0.4, -0.2) is 42.0 Å². The number of nitrogens with zero attached hydrogens (tertiary/aromatic N) is 1. The number of aliphatic hydroxyl groups is 1. The van der Waals surface area contributed by atoms with Gasteiger partial charge in [0.1, 0.15) is 5.82 Å². The molecule has 0 saturated carbocycles. The van der Waals surface area contributed by atoms with Crippen molar-refractivity contribution in [3.8, 4) is 0 Å². The van der Waals surface area contributed by atoms with E-state index in [2.05, 4.69) is 5.32 Å². The standard InChI is InChI=1S/C17H23FN2O3/c1-12(2)17(22)15(21)20(14-6-4-3-5-13(14)18)11-16(23-17)7-9-19-10-8-16/h3-6,12,19,22H,7-11H2,1-2H3. The number of carbonyl (C=O) groups excluding carboxylic acids is 1. The normalized spacial score (nSPS) is 27.7. The van der Waals surface area contributed by atoms with Crippen LogP contribution in [0.3, 0.4) is 0 Å². The number of para-hydroxylation sites is 1. The third-order valence-electron chi connectivity index (χ3n) is 4.81. The molecular formula is C17H23FN2O3. The molecule has 1 spiro atoms. The van der Waals surface area contributed by atoms with E-state index in [1.54, 1.807) is 32.0 Å². The van der Waals surface area contributed by atoms with Crippen molar-refractivity contribution in [2.24, 2.45) is 5.92 Å². The van der Waals surface area contributed by atoms with Gasteiger partial charge in [0.15, 0.2) is 0 Å². The third kappa shape index (κ3) is 2.75. The van der Waals surface area contributed by atoms with E-state index in [-0.39, 0.29) is 12.2 Å². The van der Waals surface area contributed by atoms with Crippen LogP contribution in [0.15, 0.2) is 24.3 Å². The Balaban J connectivity index is 2.04. The third-order valence-corrected chi connectivity index (χ3v) is 4.81. The molecule has 0 bridgehead atoms. The largest absolute Gasteiger partial charge is 0.358 e. The summed E-state index contributed by atoms with van der Waals surface area (Å²) in [6.45, 7) is 5.21. The van der Waals surface area contributed by atoms with E-state index < -0.39 is 29.0 Å². The molecule has 126 valence electrons. The van der Waals surface area contributed by atoms with E-state index in [0.717, 1.165) is 13.1 Å². The Kier molecular flexibility index (Phi) is 4.16. The maximum atomic E-state index is 14.2. The molecule has 1 amide bonds. The second-order valence-corrected chi connectivity index (χ2v) is 6.73. The van der Waals surface area contributed by atoms with Crippen molar-refractivity contribution < 1.29 is 19.0 Å². The number of nitrogens with one attached hydrogen (secondary N) is 1. The van der Waals surface area contributed by atoms with Crippen molar-refractivity contribution in [2.45, 2.75) is 38.1 Å². The number of rotatable bonds is 2. The van der Waals surface area contributed by atoms with Gasteiger partial charge in [-0.1, -0.05) is 26.0 Å².